The van der Waals surface area contributed by atoms with Crippen LogP contribution in [0, 0.1) is 23.2 Å². The fourth-order valence-corrected chi connectivity index (χ4v) is 6.07. The first-order valence-corrected chi connectivity index (χ1v) is 10.1. The first-order chi connectivity index (χ1) is 13.1. The van der Waals surface area contributed by atoms with Gasteiger partial charge in [0, 0.05) is 24.1 Å². The van der Waals surface area contributed by atoms with Crippen LogP contribution in [0.4, 0.5) is 0 Å². The van der Waals surface area contributed by atoms with Gasteiger partial charge in [0.25, 0.3) is 5.91 Å². The zero-order valence-electron chi connectivity index (χ0n) is 15.5. The Morgan fingerprint density at radius 2 is 1.56 bits per heavy atom. The number of hydrogen-bond donors (Lipinski definition) is 2. The number of fused-ring (bicyclic) bond motifs is 1. The van der Waals surface area contributed by atoms with Gasteiger partial charge in [0.05, 0.1) is 0 Å². The van der Waals surface area contributed by atoms with Crippen molar-refractivity contribution in [2.75, 3.05) is 19.9 Å². The molecule has 0 saturated heterocycles. The Morgan fingerprint density at radius 3 is 2.26 bits per heavy atom. The highest BCUT2D eigenvalue weighted by molar-refractivity contribution is 5.95. The molecule has 2 amide bonds. The molecule has 0 radical (unpaired) electrons. The second kappa shape index (κ2) is 6.43. The van der Waals surface area contributed by atoms with Crippen LogP contribution in [0.3, 0.4) is 0 Å². The molecule has 0 spiro atoms. The molecule has 2 N–H and O–H groups in total. The van der Waals surface area contributed by atoms with Gasteiger partial charge in [0.2, 0.25) is 12.7 Å². The van der Waals surface area contributed by atoms with Gasteiger partial charge in [-0.1, -0.05) is 0 Å². The van der Waals surface area contributed by atoms with Gasteiger partial charge in [-0.15, -0.1) is 0 Å². The molecule has 1 aromatic carbocycles. The van der Waals surface area contributed by atoms with Gasteiger partial charge in [0.1, 0.15) is 0 Å². The lowest BCUT2D eigenvalue weighted by molar-refractivity contribution is -0.146. The highest BCUT2D eigenvalue weighted by Gasteiger charge is 2.54. The van der Waals surface area contributed by atoms with Crippen molar-refractivity contribution in [3.8, 4) is 11.5 Å². The number of hydrogen-bond acceptors (Lipinski definition) is 4. The van der Waals surface area contributed by atoms with Crippen molar-refractivity contribution in [2.24, 2.45) is 23.2 Å². The van der Waals surface area contributed by atoms with E-state index in [1.807, 2.05) is 0 Å². The maximum Gasteiger partial charge on any atom is 0.251 e. The van der Waals surface area contributed by atoms with Gasteiger partial charge in [-0.25, -0.2) is 0 Å². The fourth-order valence-electron chi connectivity index (χ4n) is 6.07. The number of ether oxygens (including phenoxy) is 2. The summed E-state index contributed by atoms with van der Waals surface area (Å²) in [4.78, 5) is 25.2. The maximum atomic E-state index is 12.9. The molecule has 1 aliphatic heterocycles. The van der Waals surface area contributed by atoms with Crippen LogP contribution in [-0.4, -0.2) is 31.7 Å². The van der Waals surface area contributed by atoms with E-state index in [2.05, 4.69) is 10.6 Å². The van der Waals surface area contributed by atoms with Crippen LogP contribution in [0.15, 0.2) is 18.2 Å². The summed E-state index contributed by atoms with van der Waals surface area (Å²) in [6.07, 6.45) is 7.19. The van der Waals surface area contributed by atoms with E-state index in [1.54, 1.807) is 18.2 Å². The molecular formula is C21H26N2O4. The summed E-state index contributed by atoms with van der Waals surface area (Å²) < 4.78 is 10.6. The molecule has 4 saturated carbocycles. The molecule has 4 aliphatic carbocycles. The molecule has 27 heavy (non-hydrogen) atoms. The standard InChI is InChI=1S/C21H26N2O4/c24-19(16-1-2-17-18(8-16)27-12-26-17)22-3-4-23-20(25)21-9-13-5-14(10-21)7-15(6-13)11-21/h1-2,8,13-15H,3-7,9-12H2,(H,22,24)(H,23,25). The molecule has 144 valence electrons. The third-order valence-electron chi connectivity index (χ3n) is 6.85. The van der Waals surface area contributed by atoms with Crippen LogP contribution in [0.2, 0.25) is 0 Å². The van der Waals surface area contributed by atoms with Crippen LogP contribution < -0.4 is 20.1 Å². The molecule has 5 aliphatic rings. The first kappa shape index (κ1) is 16.9. The summed E-state index contributed by atoms with van der Waals surface area (Å²) in [5.41, 5.74) is 0.405. The second-order valence-corrected chi connectivity index (χ2v) is 8.78. The fraction of sp³-hybridized carbons (Fsp3) is 0.619. The average molecular weight is 370 g/mol. The minimum atomic E-state index is -0.169. The molecule has 4 bridgehead atoms. The second-order valence-electron chi connectivity index (χ2n) is 8.78. The Morgan fingerprint density at radius 1 is 0.926 bits per heavy atom. The monoisotopic (exact) mass is 370 g/mol. The largest absolute Gasteiger partial charge is 0.454 e. The Labute approximate surface area is 159 Å². The predicted molar refractivity (Wildman–Crippen MR) is 98.5 cm³/mol. The maximum absolute atomic E-state index is 12.9. The van der Waals surface area contributed by atoms with Gasteiger partial charge in [0.15, 0.2) is 11.5 Å². The molecular weight excluding hydrogens is 344 g/mol. The Bertz CT molecular complexity index is 740. The van der Waals surface area contributed by atoms with E-state index in [1.165, 1.54) is 19.3 Å². The molecule has 0 atom stereocenters. The van der Waals surface area contributed by atoms with Crippen molar-refractivity contribution in [1.29, 1.82) is 0 Å². The van der Waals surface area contributed by atoms with Crippen molar-refractivity contribution in [3.05, 3.63) is 23.8 Å². The number of carbonyl (C=O) groups excluding carboxylic acids is 2. The lowest BCUT2D eigenvalue weighted by atomic mass is 9.49. The number of nitrogens with one attached hydrogen (secondary N) is 2. The van der Waals surface area contributed by atoms with E-state index in [0.29, 0.717) is 30.2 Å². The summed E-state index contributed by atoms with van der Waals surface area (Å²) >= 11 is 0. The molecule has 6 rings (SSSR count). The van der Waals surface area contributed by atoms with Crippen molar-refractivity contribution < 1.29 is 19.1 Å². The molecule has 0 unspecified atom stereocenters. The highest BCUT2D eigenvalue weighted by Crippen LogP contribution is 2.60. The number of benzene rings is 1. The van der Waals surface area contributed by atoms with Crippen molar-refractivity contribution >= 4 is 11.8 Å². The van der Waals surface area contributed by atoms with E-state index in [4.69, 9.17) is 9.47 Å². The van der Waals surface area contributed by atoms with Crippen LogP contribution in [0.25, 0.3) is 0 Å². The minimum Gasteiger partial charge on any atom is -0.454 e. The topological polar surface area (TPSA) is 76.7 Å². The predicted octanol–water partition coefficient (Wildman–Crippen LogP) is 2.48. The van der Waals surface area contributed by atoms with E-state index >= 15 is 0 Å². The number of rotatable bonds is 5. The highest BCUT2D eigenvalue weighted by atomic mass is 16.7. The summed E-state index contributed by atoms with van der Waals surface area (Å²) in [6.45, 7) is 1.08. The summed E-state index contributed by atoms with van der Waals surface area (Å²) in [5.74, 6) is 3.57. The van der Waals surface area contributed by atoms with E-state index in [0.717, 1.165) is 37.0 Å². The van der Waals surface area contributed by atoms with Gasteiger partial charge in [-0.3, -0.25) is 9.59 Å². The molecule has 1 aromatic rings. The molecule has 1 heterocycles. The normalized spacial score (nSPS) is 32.4. The Hall–Kier alpha value is -2.24. The molecule has 4 fully saturated rings. The molecule has 6 nitrogen and oxygen atoms in total. The number of amides is 2. The third kappa shape index (κ3) is 3.05. The van der Waals surface area contributed by atoms with Crippen LogP contribution in [0.1, 0.15) is 48.9 Å². The third-order valence-corrected chi connectivity index (χ3v) is 6.85. The zero-order valence-corrected chi connectivity index (χ0v) is 15.5. The smallest absolute Gasteiger partial charge is 0.251 e. The van der Waals surface area contributed by atoms with Gasteiger partial charge >= 0.3 is 0 Å². The van der Waals surface area contributed by atoms with Crippen LogP contribution in [0.5, 0.6) is 11.5 Å². The minimum absolute atomic E-state index is 0.129. The van der Waals surface area contributed by atoms with Crippen LogP contribution >= 0.6 is 0 Å². The Kier molecular flexibility index (Phi) is 4.02. The lowest BCUT2D eigenvalue weighted by Crippen LogP contribution is -2.54. The first-order valence-electron chi connectivity index (χ1n) is 10.1. The van der Waals surface area contributed by atoms with E-state index < -0.39 is 0 Å². The van der Waals surface area contributed by atoms with E-state index in [-0.39, 0.29) is 24.0 Å². The molecule has 0 aromatic heterocycles. The summed E-state index contributed by atoms with van der Waals surface area (Å²) in [7, 11) is 0. The summed E-state index contributed by atoms with van der Waals surface area (Å²) in [5, 5.41) is 5.96. The SMILES string of the molecule is O=C(NCCNC(=O)C12CC3CC(CC(C3)C1)C2)c1ccc2c(c1)OCO2. The average Bonchev–Trinajstić information content (AvgIpc) is 3.11. The Balaban J connectivity index is 1.12. The number of carbonyl (C=O) groups is 2. The van der Waals surface area contributed by atoms with Crippen molar-refractivity contribution in [2.45, 2.75) is 38.5 Å². The van der Waals surface area contributed by atoms with Gasteiger partial charge in [-0.2, -0.15) is 0 Å². The van der Waals surface area contributed by atoms with Crippen molar-refractivity contribution in [1.82, 2.24) is 10.6 Å². The lowest BCUT2D eigenvalue weighted by Gasteiger charge is -2.55. The van der Waals surface area contributed by atoms with Gasteiger partial charge in [-0.05, 0) is 74.5 Å². The van der Waals surface area contributed by atoms with Crippen LogP contribution in [-0.2, 0) is 4.79 Å². The van der Waals surface area contributed by atoms with Gasteiger partial charge < -0.3 is 20.1 Å². The van der Waals surface area contributed by atoms with Crippen molar-refractivity contribution in [3.63, 3.8) is 0 Å². The molecule has 6 heteroatoms. The summed E-state index contributed by atoms with van der Waals surface area (Å²) in [6, 6.07) is 5.15. The quantitative estimate of drug-likeness (QED) is 0.781. The van der Waals surface area contributed by atoms with E-state index in [9.17, 15) is 9.59 Å². The zero-order chi connectivity index (χ0) is 18.4.